The van der Waals surface area contributed by atoms with E-state index in [9.17, 15) is 19.1 Å². The molecule has 0 spiro atoms. The molecule has 0 saturated carbocycles. The molecule has 0 fully saturated rings. The molecule has 0 radical (unpaired) electrons. The summed E-state index contributed by atoms with van der Waals surface area (Å²) >= 11 is 0. The molecule has 10 nitrogen and oxygen atoms in total. The van der Waals surface area contributed by atoms with Crippen molar-refractivity contribution in [2.24, 2.45) is 28.3 Å². The van der Waals surface area contributed by atoms with E-state index in [0.29, 0.717) is 18.8 Å². The number of hydrogen-bond donors (Lipinski definition) is 5. The van der Waals surface area contributed by atoms with Crippen LogP contribution in [0.25, 0.3) is 0 Å². The second-order valence-corrected chi connectivity index (χ2v) is 7.92. The summed E-state index contributed by atoms with van der Waals surface area (Å²) in [6.45, 7) is 5.48. The molecule has 1 rings (SSSR count). The van der Waals surface area contributed by atoms with Gasteiger partial charge >= 0.3 is 0 Å². The highest BCUT2D eigenvalue weighted by Crippen LogP contribution is 2.44. The van der Waals surface area contributed by atoms with Crippen molar-refractivity contribution in [3.05, 3.63) is 11.4 Å². The van der Waals surface area contributed by atoms with Gasteiger partial charge in [0.25, 0.3) is 0 Å². The average Bonchev–Trinajstić information content (AvgIpc) is 2.34. The summed E-state index contributed by atoms with van der Waals surface area (Å²) in [5.74, 6) is -0.188. The largest absolute Gasteiger partial charge is 0.808 e. The molecular formula is C14H34ClN6O4P. The third-order valence-corrected chi connectivity index (χ3v) is 4.90. The van der Waals surface area contributed by atoms with Gasteiger partial charge in [0.1, 0.15) is 0 Å². The van der Waals surface area contributed by atoms with Crippen LogP contribution >= 0.6 is 20.0 Å². The third kappa shape index (κ3) is 9.51. The molecule has 1 amide bonds. The Hall–Kier alpha value is -1.16. The summed E-state index contributed by atoms with van der Waals surface area (Å²) in [5.41, 5.74) is 10.9. The number of aliphatic imine (C=N–C) groups is 1. The molecule has 0 aromatic rings. The highest BCUT2D eigenvalue weighted by atomic mass is 35.5. The summed E-state index contributed by atoms with van der Waals surface area (Å²) in [5, 5.41) is 2.72. The monoisotopic (exact) mass is 416 g/mol. The van der Waals surface area contributed by atoms with Gasteiger partial charge < -0.3 is 43.4 Å². The van der Waals surface area contributed by atoms with Gasteiger partial charge in [0, 0.05) is 18.9 Å². The smallest absolute Gasteiger partial charge is 0.217 e. The van der Waals surface area contributed by atoms with E-state index in [-0.39, 0.29) is 60.3 Å². The standard InChI is InChI=1S/C14H27N4O4P.ClH.2H3N/c1-8(2)6-12(17-9(3)19)11-5-4-10(23(20,21)22)7-13(11)18-14(15)16;;;/h4,8,11-13H,5-7H2,1-3H3,(H,17,19)(H4,15,16,18)(H2,20,21,22);1H;2*1H3/t11-,12+,13+;;;/m1.../s1. The summed E-state index contributed by atoms with van der Waals surface area (Å²) < 4.78 is 11.3. The van der Waals surface area contributed by atoms with Crippen LogP contribution in [-0.2, 0) is 9.36 Å². The number of carbonyl (C=O) groups excluding carboxylic acids is 1. The van der Waals surface area contributed by atoms with E-state index in [4.69, 9.17) is 11.5 Å². The lowest BCUT2D eigenvalue weighted by atomic mass is 9.80. The Kier molecular flexibility index (Phi) is 14.0. The third-order valence-electron chi connectivity index (χ3n) is 3.84. The number of rotatable bonds is 6. The molecular weight excluding hydrogens is 383 g/mol. The molecule has 13 N–H and O–H groups in total. The van der Waals surface area contributed by atoms with Crippen LogP contribution < -0.4 is 38.9 Å². The topological polar surface area (TPSA) is 230 Å². The van der Waals surface area contributed by atoms with Gasteiger partial charge in [0.05, 0.1) is 6.04 Å². The number of nitrogens with zero attached hydrogens (tertiary/aromatic N) is 1. The van der Waals surface area contributed by atoms with Gasteiger partial charge in [0.15, 0.2) is 5.96 Å². The molecule has 12 heteroatoms. The van der Waals surface area contributed by atoms with E-state index < -0.39 is 13.6 Å². The number of nitrogens with one attached hydrogen (secondary N) is 1. The van der Waals surface area contributed by atoms with E-state index in [2.05, 4.69) is 10.3 Å². The quantitative estimate of drug-likeness (QED) is 0.235. The van der Waals surface area contributed by atoms with Gasteiger partial charge in [-0.3, -0.25) is 4.79 Å². The number of guanidine groups is 1. The summed E-state index contributed by atoms with van der Waals surface area (Å²) in [7, 11) is -4.81. The van der Waals surface area contributed by atoms with E-state index in [1.165, 1.54) is 13.0 Å². The average molecular weight is 417 g/mol. The van der Waals surface area contributed by atoms with Gasteiger partial charge in [0.2, 0.25) is 5.91 Å². The summed E-state index contributed by atoms with van der Waals surface area (Å²) in [6, 6.07) is -0.747. The van der Waals surface area contributed by atoms with Gasteiger partial charge in [-0.15, -0.1) is 12.4 Å². The van der Waals surface area contributed by atoms with Crippen molar-refractivity contribution in [1.82, 2.24) is 17.6 Å². The summed E-state index contributed by atoms with van der Waals surface area (Å²) in [4.78, 5) is 38.1. The molecule has 0 aliphatic heterocycles. The Morgan fingerprint density at radius 1 is 1.38 bits per heavy atom. The predicted molar refractivity (Wildman–Crippen MR) is 104 cm³/mol. The van der Waals surface area contributed by atoms with Crippen molar-refractivity contribution in [2.45, 2.75) is 52.1 Å². The zero-order chi connectivity index (χ0) is 17.8. The van der Waals surface area contributed by atoms with E-state index in [1.807, 2.05) is 13.8 Å². The van der Waals surface area contributed by atoms with Crippen molar-refractivity contribution in [1.29, 1.82) is 0 Å². The number of hydrogen-bond acceptors (Lipinski definition) is 5. The SMILES string of the molecule is CC(=O)N[C@@H](CC(C)C)[C@H]1CC=C(P(=O)([O-])[O-])C[C@@H]1N=C(N)N.Cl.[NH4+].[NH4+]. The van der Waals surface area contributed by atoms with Crippen LogP contribution in [0.15, 0.2) is 16.4 Å². The number of amides is 1. The normalized spacial score (nSPS) is 20.5. The van der Waals surface area contributed by atoms with Crippen LogP contribution in [0, 0.1) is 11.8 Å². The zero-order valence-corrected chi connectivity index (χ0v) is 17.8. The Bertz CT molecular complexity index is 548. The number of halogens is 1. The minimum atomic E-state index is -4.81. The first kappa shape index (κ1) is 29.6. The Balaban J connectivity index is -0.00000176. The Morgan fingerprint density at radius 2 is 1.92 bits per heavy atom. The molecule has 3 atom stereocenters. The minimum absolute atomic E-state index is 0. The van der Waals surface area contributed by atoms with Crippen molar-refractivity contribution in [3.63, 3.8) is 0 Å². The van der Waals surface area contributed by atoms with E-state index in [0.717, 1.165) is 0 Å². The molecule has 0 unspecified atom stereocenters. The van der Waals surface area contributed by atoms with Crippen LogP contribution in [0.5, 0.6) is 0 Å². The molecule has 156 valence electrons. The van der Waals surface area contributed by atoms with E-state index >= 15 is 0 Å². The second-order valence-electron chi connectivity index (χ2n) is 6.35. The lowest BCUT2D eigenvalue weighted by Crippen LogP contribution is -2.46. The fourth-order valence-corrected chi connectivity index (χ4v) is 3.72. The maximum Gasteiger partial charge on any atom is 0.217 e. The zero-order valence-electron chi connectivity index (χ0n) is 16.1. The molecule has 0 aromatic carbocycles. The van der Waals surface area contributed by atoms with Crippen molar-refractivity contribution in [2.75, 3.05) is 0 Å². The molecule has 0 bridgehead atoms. The van der Waals surface area contributed by atoms with Gasteiger partial charge in [-0.1, -0.05) is 19.9 Å². The fourth-order valence-electron chi connectivity index (χ4n) is 2.98. The van der Waals surface area contributed by atoms with Crippen LogP contribution in [-0.4, -0.2) is 24.0 Å². The number of carbonyl (C=O) groups is 1. The number of allylic oxidation sites excluding steroid dienone is 1. The molecule has 26 heavy (non-hydrogen) atoms. The van der Waals surface area contributed by atoms with Crippen LogP contribution in [0.4, 0.5) is 0 Å². The van der Waals surface area contributed by atoms with Crippen LogP contribution in [0.1, 0.15) is 40.0 Å². The lowest BCUT2D eigenvalue weighted by molar-refractivity contribution is -0.310. The highest BCUT2D eigenvalue weighted by Gasteiger charge is 2.33. The van der Waals surface area contributed by atoms with Crippen LogP contribution in [0.3, 0.4) is 0 Å². The van der Waals surface area contributed by atoms with Crippen molar-refractivity contribution < 1.29 is 19.1 Å². The fraction of sp³-hybridized carbons (Fsp3) is 0.714. The Morgan fingerprint density at radius 3 is 2.31 bits per heavy atom. The predicted octanol–water partition coefficient (Wildman–Crippen LogP) is 0.561. The second kappa shape index (κ2) is 12.3. The maximum atomic E-state index is 11.5. The molecule has 0 heterocycles. The first-order chi connectivity index (χ1) is 10.5. The maximum absolute atomic E-state index is 11.5. The van der Waals surface area contributed by atoms with E-state index in [1.54, 1.807) is 0 Å². The van der Waals surface area contributed by atoms with Crippen molar-refractivity contribution >= 4 is 31.9 Å². The van der Waals surface area contributed by atoms with Gasteiger partial charge in [-0.2, -0.15) is 0 Å². The van der Waals surface area contributed by atoms with Gasteiger partial charge in [-0.25, -0.2) is 4.99 Å². The summed E-state index contributed by atoms with van der Waals surface area (Å²) in [6.07, 6.45) is 2.42. The highest BCUT2D eigenvalue weighted by molar-refractivity contribution is 7.53. The van der Waals surface area contributed by atoms with Crippen LogP contribution in [0.2, 0.25) is 0 Å². The minimum Gasteiger partial charge on any atom is -0.808 e. The molecule has 0 saturated heterocycles. The van der Waals surface area contributed by atoms with Crippen molar-refractivity contribution in [3.8, 4) is 0 Å². The molecule has 0 aromatic heterocycles. The number of nitrogens with two attached hydrogens (primary N) is 2. The first-order valence-corrected chi connectivity index (χ1v) is 9.12. The Labute approximate surface area is 161 Å². The lowest BCUT2D eigenvalue weighted by Gasteiger charge is -2.41. The van der Waals surface area contributed by atoms with Gasteiger partial charge in [-0.05, 0) is 38.1 Å². The molecule has 1 aliphatic carbocycles. The number of quaternary nitrogens is 2. The first-order valence-electron chi connectivity index (χ1n) is 7.58. The molecule has 1 aliphatic rings.